The number of rotatable bonds is 4. The van der Waals surface area contributed by atoms with Crippen LogP contribution in [0.25, 0.3) is 10.2 Å². The molecule has 0 spiro atoms. The minimum atomic E-state index is -4.52. The lowest BCUT2D eigenvalue weighted by atomic mass is 10.2. The minimum absolute atomic E-state index is 0.120. The van der Waals surface area contributed by atoms with Gasteiger partial charge in [-0.2, -0.15) is 13.2 Å². The topological polar surface area (TPSA) is 83.6 Å². The van der Waals surface area contributed by atoms with Crippen LogP contribution in [0.15, 0.2) is 6.07 Å². The van der Waals surface area contributed by atoms with Crippen LogP contribution < -0.4 is 4.90 Å². The average molecular weight is 395 g/mol. The molecule has 1 N–H and O–H groups in total. The van der Waals surface area contributed by atoms with E-state index in [9.17, 15) is 13.2 Å². The molecule has 0 fully saturated rings. The number of thiophene rings is 1. The Kier molecular flexibility index (Phi) is 4.33. The van der Waals surface area contributed by atoms with E-state index in [4.69, 9.17) is 5.41 Å². The summed E-state index contributed by atoms with van der Waals surface area (Å²) >= 11 is 1.56. The van der Waals surface area contributed by atoms with Crippen molar-refractivity contribution in [1.29, 1.82) is 5.41 Å². The van der Waals surface area contributed by atoms with E-state index in [-0.39, 0.29) is 24.7 Å². The molecule has 0 amide bonds. The fraction of sp³-hybridized carbons (Fsp3) is 0.438. The van der Waals surface area contributed by atoms with Crippen LogP contribution in [0.4, 0.5) is 19.0 Å². The molecule has 142 valence electrons. The van der Waals surface area contributed by atoms with Gasteiger partial charge in [0.25, 0.3) is 0 Å². The van der Waals surface area contributed by atoms with Gasteiger partial charge in [0.15, 0.2) is 11.6 Å². The van der Waals surface area contributed by atoms with Crippen LogP contribution in [0.3, 0.4) is 0 Å². The molecule has 1 aliphatic heterocycles. The summed E-state index contributed by atoms with van der Waals surface area (Å²) in [5.41, 5.74) is 0. The van der Waals surface area contributed by atoms with Gasteiger partial charge in [-0.15, -0.1) is 21.5 Å². The van der Waals surface area contributed by atoms with Gasteiger partial charge in [0, 0.05) is 18.0 Å². The van der Waals surface area contributed by atoms with Crippen LogP contribution >= 0.6 is 11.3 Å². The molecular weight excluding hydrogens is 379 g/mol. The Hall–Kier alpha value is -2.56. The summed E-state index contributed by atoms with van der Waals surface area (Å²) in [4.78, 5) is 12.7. The Morgan fingerprint density at radius 1 is 1.26 bits per heavy atom. The SMILES string of the molecule is CCCc1cc2c(N3CCn4c(nnc4C(F)(F)F)C3)nc(C=N)nc2s1. The number of aromatic nitrogens is 5. The van der Waals surface area contributed by atoms with Crippen molar-refractivity contribution in [2.24, 2.45) is 0 Å². The van der Waals surface area contributed by atoms with Gasteiger partial charge in [0.2, 0.25) is 5.82 Å². The summed E-state index contributed by atoms with van der Waals surface area (Å²) in [6.07, 6.45) is -1.52. The van der Waals surface area contributed by atoms with Crippen molar-refractivity contribution in [2.75, 3.05) is 11.4 Å². The maximum atomic E-state index is 13.0. The predicted molar refractivity (Wildman–Crippen MR) is 95.4 cm³/mol. The van der Waals surface area contributed by atoms with E-state index in [2.05, 4.69) is 27.1 Å². The Labute approximate surface area is 156 Å². The Bertz CT molecular complexity index is 1010. The van der Waals surface area contributed by atoms with Gasteiger partial charge in [-0.25, -0.2) is 9.97 Å². The largest absolute Gasteiger partial charge is 0.451 e. The summed E-state index contributed by atoms with van der Waals surface area (Å²) in [6, 6.07) is 2.03. The number of fused-ring (bicyclic) bond motifs is 2. The van der Waals surface area contributed by atoms with Gasteiger partial charge in [-0.1, -0.05) is 13.3 Å². The third-order valence-electron chi connectivity index (χ3n) is 4.37. The second-order valence-corrected chi connectivity index (χ2v) is 7.36. The van der Waals surface area contributed by atoms with Crippen molar-refractivity contribution >= 4 is 33.6 Å². The Morgan fingerprint density at radius 3 is 2.78 bits per heavy atom. The number of alkyl halides is 3. The molecule has 1 aliphatic rings. The second-order valence-electron chi connectivity index (χ2n) is 6.24. The molecule has 0 radical (unpaired) electrons. The van der Waals surface area contributed by atoms with E-state index in [1.807, 2.05) is 11.0 Å². The molecule has 0 unspecified atom stereocenters. The highest BCUT2D eigenvalue weighted by Crippen LogP contribution is 2.34. The predicted octanol–water partition coefficient (Wildman–Crippen LogP) is 3.27. The van der Waals surface area contributed by atoms with Crippen LogP contribution in [0.1, 0.15) is 35.7 Å². The highest BCUT2D eigenvalue weighted by atomic mass is 32.1. The maximum absolute atomic E-state index is 13.0. The van der Waals surface area contributed by atoms with Gasteiger partial charge < -0.3 is 14.9 Å². The number of nitrogens with one attached hydrogen (secondary N) is 1. The fourth-order valence-corrected chi connectivity index (χ4v) is 4.33. The summed E-state index contributed by atoms with van der Waals surface area (Å²) in [6.45, 7) is 2.73. The number of nitrogens with zero attached hydrogens (tertiary/aromatic N) is 6. The normalized spacial score (nSPS) is 14.6. The van der Waals surface area contributed by atoms with E-state index in [0.717, 1.165) is 33.8 Å². The number of hydrogen-bond donors (Lipinski definition) is 1. The van der Waals surface area contributed by atoms with Crippen molar-refractivity contribution in [3.8, 4) is 0 Å². The lowest BCUT2D eigenvalue weighted by Crippen LogP contribution is -2.36. The lowest BCUT2D eigenvalue weighted by Gasteiger charge is -2.29. The van der Waals surface area contributed by atoms with Gasteiger partial charge in [0.05, 0.1) is 18.1 Å². The molecule has 11 heteroatoms. The monoisotopic (exact) mass is 395 g/mol. The first-order valence-electron chi connectivity index (χ1n) is 8.46. The molecule has 0 aliphatic carbocycles. The van der Waals surface area contributed by atoms with Crippen molar-refractivity contribution in [3.63, 3.8) is 0 Å². The number of hydrogen-bond acceptors (Lipinski definition) is 7. The van der Waals surface area contributed by atoms with E-state index in [1.165, 1.54) is 4.88 Å². The molecule has 0 bridgehead atoms. The second kappa shape index (κ2) is 6.55. The highest BCUT2D eigenvalue weighted by molar-refractivity contribution is 7.18. The van der Waals surface area contributed by atoms with E-state index >= 15 is 0 Å². The molecule has 4 heterocycles. The molecule has 0 aromatic carbocycles. The van der Waals surface area contributed by atoms with Crippen molar-refractivity contribution < 1.29 is 13.2 Å². The van der Waals surface area contributed by atoms with Crippen molar-refractivity contribution in [1.82, 2.24) is 24.7 Å². The summed E-state index contributed by atoms with van der Waals surface area (Å²) in [5, 5.41) is 15.4. The van der Waals surface area contributed by atoms with Crippen LogP contribution in [0.2, 0.25) is 0 Å². The maximum Gasteiger partial charge on any atom is 0.451 e. The third kappa shape index (κ3) is 3.15. The third-order valence-corrected chi connectivity index (χ3v) is 5.46. The number of halogens is 3. The minimum Gasteiger partial charge on any atom is -0.347 e. The molecule has 3 aromatic rings. The molecule has 27 heavy (non-hydrogen) atoms. The zero-order chi connectivity index (χ0) is 19.2. The lowest BCUT2D eigenvalue weighted by molar-refractivity contribution is -0.147. The first kappa shape index (κ1) is 17.8. The van der Waals surface area contributed by atoms with Gasteiger partial charge >= 0.3 is 6.18 Å². The van der Waals surface area contributed by atoms with Crippen LogP contribution in [0, 0.1) is 5.41 Å². The van der Waals surface area contributed by atoms with Gasteiger partial charge in [-0.3, -0.25) is 0 Å². The zero-order valence-electron chi connectivity index (χ0n) is 14.4. The fourth-order valence-electron chi connectivity index (χ4n) is 3.20. The summed E-state index contributed by atoms with van der Waals surface area (Å²) < 4.78 is 40.2. The first-order valence-corrected chi connectivity index (χ1v) is 9.27. The van der Waals surface area contributed by atoms with Crippen LogP contribution in [-0.4, -0.2) is 37.5 Å². The first-order chi connectivity index (χ1) is 12.9. The van der Waals surface area contributed by atoms with Crippen LogP contribution in [0.5, 0.6) is 0 Å². The van der Waals surface area contributed by atoms with E-state index < -0.39 is 12.0 Å². The average Bonchev–Trinajstić information content (AvgIpc) is 3.23. The van der Waals surface area contributed by atoms with Crippen molar-refractivity contribution in [2.45, 2.75) is 39.0 Å². The quantitative estimate of drug-likeness (QED) is 0.686. The Morgan fingerprint density at radius 2 is 2.07 bits per heavy atom. The molecule has 0 atom stereocenters. The van der Waals surface area contributed by atoms with E-state index in [0.29, 0.717) is 12.4 Å². The van der Waals surface area contributed by atoms with Gasteiger partial charge in [-0.05, 0) is 12.5 Å². The standard InChI is InChI=1S/C16H16F3N7S/c1-2-3-9-6-10-13(21-11(7-20)22-14(10)27-9)25-4-5-26-12(8-25)23-24-15(26)16(17,18)19/h6-7,20H,2-5,8H2,1H3. The number of anilines is 1. The summed E-state index contributed by atoms with van der Waals surface area (Å²) in [5.74, 6) is 0.192. The zero-order valence-corrected chi connectivity index (χ0v) is 15.2. The van der Waals surface area contributed by atoms with Gasteiger partial charge in [0.1, 0.15) is 10.6 Å². The van der Waals surface area contributed by atoms with Crippen LogP contribution in [-0.2, 0) is 25.7 Å². The molecule has 7 nitrogen and oxygen atoms in total. The summed E-state index contributed by atoms with van der Waals surface area (Å²) in [7, 11) is 0. The van der Waals surface area contributed by atoms with E-state index in [1.54, 1.807) is 11.3 Å². The molecule has 0 saturated heterocycles. The highest BCUT2D eigenvalue weighted by Gasteiger charge is 2.39. The molecule has 4 rings (SSSR count). The smallest absolute Gasteiger partial charge is 0.347 e. The molecular formula is C16H16F3N7S. The molecule has 3 aromatic heterocycles. The number of aryl methyl sites for hydroxylation is 1. The van der Waals surface area contributed by atoms with Crippen molar-refractivity contribution in [3.05, 3.63) is 28.4 Å². The Balaban J connectivity index is 1.74. The molecule has 0 saturated carbocycles.